The van der Waals surface area contributed by atoms with Crippen LogP contribution < -0.4 is 20.4 Å². The van der Waals surface area contributed by atoms with Crippen LogP contribution >= 0.6 is 0 Å². The summed E-state index contributed by atoms with van der Waals surface area (Å²) in [7, 11) is 0. The number of hydrogen-bond donors (Lipinski definition) is 0. The smallest absolute Gasteiger partial charge is 0.872 e. The van der Waals surface area contributed by atoms with Crippen LogP contribution in [0.4, 0.5) is 0 Å². The zero-order chi connectivity index (χ0) is 28.3. The molecule has 0 aromatic heterocycles. The Bertz CT molecular complexity index is 1040. The predicted octanol–water partition coefficient (Wildman–Crippen LogP) is 2.90. The summed E-state index contributed by atoms with van der Waals surface area (Å²) in [5.41, 5.74) is 5.05. The summed E-state index contributed by atoms with van der Waals surface area (Å²) in [6.45, 7) is 13.3. The minimum atomic E-state index is -0.236. The standard InChI is InChI=1S/C27H32O.C6H12NO3.Ti/c1-26(2,3)21-17-22(25(28)23(18-21)27(4,5)6)24(19-13-9-7-10-14-19)20-15-11-8-12-16-20;8-4-1-7(2-5-9)3-6-10;/h7-18,24,28H,1-6H3;1-6H2;/q;-3;+4/p-1. The van der Waals surface area contributed by atoms with Crippen molar-refractivity contribution in [1.29, 1.82) is 0 Å². The molecule has 0 spiro atoms. The first-order valence-corrected chi connectivity index (χ1v) is 13.4. The number of rotatable bonds is 9. The van der Waals surface area contributed by atoms with Crippen LogP contribution in [0.5, 0.6) is 5.75 Å². The van der Waals surface area contributed by atoms with Gasteiger partial charge in [-0.2, -0.15) is 0 Å². The largest absolute Gasteiger partial charge is 4.00 e. The Morgan fingerprint density at radius 2 is 1.05 bits per heavy atom. The van der Waals surface area contributed by atoms with Crippen molar-refractivity contribution in [3.63, 3.8) is 0 Å². The third kappa shape index (κ3) is 10.5. The third-order valence-corrected chi connectivity index (χ3v) is 6.59. The zero-order valence-electron chi connectivity index (χ0n) is 24.3. The summed E-state index contributed by atoms with van der Waals surface area (Å²) in [6, 6.07) is 25.0. The first-order chi connectivity index (χ1) is 17.9. The SMILES string of the molecule is CC(C)(C)c1cc(C(c2ccccc2)c2ccccc2)c([O-])c(C(C)(C)C)c1.[O-]CCN(CC[O-])CC[O-].[Ti+4]. The molecule has 0 fully saturated rings. The van der Waals surface area contributed by atoms with Crippen molar-refractivity contribution in [1.82, 2.24) is 4.90 Å². The van der Waals surface area contributed by atoms with Gasteiger partial charge in [0.1, 0.15) is 0 Å². The molecule has 0 unspecified atom stereocenters. The van der Waals surface area contributed by atoms with Crippen LogP contribution in [0, 0.1) is 0 Å². The normalized spacial score (nSPS) is 11.7. The van der Waals surface area contributed by atoms with E-state index in [4.69, 9.17) is 0 Å². The van der Waals surface area contributed by atoms with E-state index in [0.29, 0.717) is 19.6 Å². The van der Waals surface area contributed by atoms with Crippen molar-refractivity contribution < 1.29 is 42.1 Å². The van der Waals surface area contributed by atoms with Crippen molar-refractivity contribution in [2.75, 3.05) is 39.5 Å². The van der Waals surface area contributed by atoms with Crippen molar-refractivity contribution >= 4 is 0 Å². The van der Waals surface area contributed by atoms with Crippen molar-refractivity contribution in [3.8, 4) is 5.75 Å². The molecule has 0 saturated heterocycles. The van der Waals surface area contributed by atoms with E-state index in [1.54, 1.807) is 4.90 Å². The Morgan fingerprint density at radius 1 is 0.641 bits per heavy atom. The molecule has 0 aliphatic carbocycles. The van der Waals surface area contributed by atoms with Gasteiger partial charge in [-0.15, -0.1) is 25.6 Å². The average Bonchev–Trinajstić information content (AvgIpc) is 2.86. The van der Waals surface area contributed by atoms with Gasteiger partial charge in [0, 0.05) is 5.92 Å². The van der Waals surface area contributed by atoms with Gasteiger partial charge in [-0.3, -0.25) is 0 Å². The van der Waals surface area contributed by atoms with Gasteiger partial charge in [-0.05, 0) is 58.3 Å². The van der Waals surface area contributed by atoms with E-state index in [1.165, 1.54) is 5.56 Å². The molecular formula is C33H43NO4Ti. The first kappa shape index (κ1) is 35.0. The van der Waals surface area contributed by atoms with Crippen LogP contribution in [0.25, 0.3) is 0 Å². The molecule has 3 aromatic carbocycles. The molecule has 3 rings (SSSR count). The van der Waals surface area contributed by atoms with Crippen LogP contribution in [0.1, 0.15) is 75.3 Å². The first-order valence-electron chi connectivity index (χ1n) is 13.4. The molecule has 0 aliphatic heterocycles. The Balaban J connectivity index is 0.000000592. The molecule has 5 nitrogen and oxygen atoms in total. The van der Waals surface area contributed by atoms with Gasteiger partial charge in [0.2, 0.25) is 0 Å². The second-order valence-corrected chi connectivity index (χ2v) is 11.7. The summed E-state index contributed by atoms with van der Waals surface area (Å²) in [5.74, 6) is 0.0940. The second kappa shape index (κ2) is 16.3. The Morgan fingerprint density at radius 3 is 1.38 bits per heavy atom. The van der Waals surface area contributed by atoms with Crippen molar-refractivity contribution in [2.45, 2.75) is 58.3 Å². The molecule has 3 aromatic rings. The van der Waals surface area contributed by atoms with Gasteiger partial charge in [0.15, 0.2) is 0 Å². The molecule has 208 valence electrons. The molecule has 0 aliphatic rings. The maximum atomic E-state index is 13.7. The Hall–Kier alpha value is -1.99. The summed E-state index contributed by atoms with van der Waals surface area (Å²) in [5, 5.41) is 43.8. The Kier molecular flexibility index (Phi) is 14.7. The van der Waals surface area contributed by atoms with Crippen molar-refractivity contribution in [2.24, 2.45) is 0 Å². The van der Waals surface area contributed by atoms with Crippen LogP contribution in [0.3, 0.4) is 0 Å². The number of benzene rings is 3. The van der Waals surface area contributed by atoms with Gasteiger partial charge >= 0.3 is 21.7 Å². The van der Waals surface area contributed by atoms with Crippen LogP contribution in [0.2, 0.25) is 0 Å². The van der Waals surface area contributed by atoms with E-state index < -0.39 is 0 Å². The molecule has 0 saturated carbocycles. The van der Waals surface area contributed by atoms with E-state index in [-0.39, 0.29) is 64.0 Å². The van der Waals surface area contributed by atoms with E-state index in [1.807, 2.05) is 36.4 Å². The zero-order valence-corrected chi connectivity index (χ0v) is 25.9. The molecule has 0 amide bonds. The van der Waals surface area contributed by atoms with Gasteiger partial charge in [0.05, 0.1) is 0 Å². The fourth-order valence-corrected chi connectivity index (χ4v) is 4.42. The van der Waals surface area contributed by atoms with Gasteiger partial charge in [-0.1, -0.05) is 114 Å². The topological polar surface area (TPSA) is 95.5 Å². The molecule has 0 bridgehead atoms. The number of nitrogens with zero attached hydrogens (tertiary/aromatic N) is 1. The van der Waals surface area contributed by atoms with Crippen LogP contribution in [-0.2, 0) is 32.5 Å². The van der Waals surface area contributed by atoms with Gasteiger partial charge in [0.25, 0.3) is 0 Å². The second-order valence-electron chi connectivity index (χ2n) is 11.7. The molecule has 6 heteroatoms. The summed E-state index contributed by atoms with van der Waals surface area (Å²) < 4.78 is 0. The predicted molar refractivity (Wildman–Crippen MR) is 148 cm³/mol. The minimum absolute atomic E-state index is 0. The van der Waals surface area contributed by atoms with E-state index in [2.05, 4.69) is 77.9 Å². The van der Waals surface area contributed by atoms with E-state index >= 15 is 0 Å². The molecule has 0 N–H and O–H groups in total. The maximum absolute atomic E-state index is 13.7. The van der Waals surface area contributed by atoms with E-state index in [0.717, 1.165) is 22.3 Å². The van der Waals surface area contributed by atoms with Crippen molar-refractivity contribution in [3.05, 3.63) is 101 Å². The van der Waals surface area contributed by atoms with Gasteiger partial charge in [-0.25, -0.2) is 0 Å². The average molecular weight is 566 g/mol. The molecule has 0 atom stereocenters. The number of hydrogen-bond acceptors (Lipinski definition) is 5. The summed E-state index contributed by atoms with van der Waals surface area (Å²) >= 11 is 0. The van der Waals surface area contributed by atoms with Crippen LogP contribution in [0.15, 0.2) is 72.8 Å². The fraction of sp³-hybridized carbons (Fsp3) is 0.455. The summed E-state index contributed by atoms with van der Waals surface area (Å²) in [4.78, 5) is 1.60. The molecular weight excluding hydrogens is 522 g/mol. The van der Waals surface area contributed by atoms with E-state index in [9.17, 15) is 20.4 Å². The molecule has 0 heterocycles. The minimum Gasteiger partial charge on any atom is -0.872 e. The molecule has 0 radical (unpaired) electrons. The maximum Gasteiger partial charge on any atom is 4.00 e. The monoisotopic (exact) mass is 565 g/mol. The van der Waals surface area contributed by atoms with Gasteiger partial charge < -0.3 is 25.3 Å². The third-order valence-electron chi connectivity index (χ3n) is 6.59. The fourth-order valence-electron chi connectivity index (χ4n) is 4.42. The molecule has 39 heavy (non-hydrogen) atoms. The summed E-state index contributed by atoms with van der Waals surface area (Å²) in [6.07, 6.45) is 0. The quantitative estimate of drug-likeness (QED) is 0.294. The van der Waals surface area contributed by atoms with Crippen LogP contribution in [-0.4, -0.2) is 44.4 Å². The Labute approximate surface area is 250 Å².